The molecule has 2 aromatic rings. The van der Waals surface area contributed by atoms with Gasteiger partial charge in [-0.1, -0.05) is 18.5 Å². The highest BCUT2D eigenvalue weighted by atomic mass is 35.5. The van der Waals surface area contributed by atoms with Gasteiger partial charge in [-0.2, -0.15) is 4.98 Å². The van der Waals surface area contributed by atoms with E-state index in [1.54, 1.807) is 7.05 Å². The van der Waals surface area contributed by atoms with E-state index in [1.807, 2.05) is 6.92 Å². The van der Waals surface area contributed by atoms with Crippen LogP contribution in [0.1, 0.15) is 12.5 Å². The topological polar surface area (TPSA) is 93.5 Å². The predicted molar refractivity (Wildman–Crippen MR) is 70.6 cm³/mol. The van der Waals surface area contributed by atoms with Crippen LogP contribution in [0, 0.1) is 0 Å². The van der Waals surface area contributed by atoms with Crippen molar-refractivity contribution in [3.05, 3.63) is 37.8 Å². The molecular formula is C10H10ClN5O2S. The van der Waals surface area contributed by atoms with E-state index in [4.69, 9.17) is 11.6 Å². The number of H-pyrrole nitrogens is 1. The molecule has 0 spiro atoms. The standard InChI is InChI=1S/C10H10ClN5O2S/c1-3-5-6(11)12-4-13-9(5)19-10-14-7(17)8(18)15-16(10)2/h4H,3H2,1-2H3,(H,15,18). The van der Waals surface area contributed by atoms with Crippen LogP contribution in [0.2, 0.25) is 5.15 Å². The summed E-state index contributed by atoms with van der Waals surface area (Å²) in [7, 11) is 1.59. The average molecular weight is 300 g/mol. The maximum Gasteiger partial charge on any atom is 0.339 e. The second-order valence-corrected chi connectivity index (χ2v) is 4.92. The zero-order valence-corrected chi connectivity index (χ0v) is 11.7. The molecule has 2 heterocycles. The molecule has 9 heteroatoms. The number of aryl methyl sites for hydroxylation is 1. The third-order valence-corrected chi connectivity index (χ3v) is 3.76. The quantitative estimate of drug-likeness (QED) is 0.660. The lowest BCUT2D eigenvalue weighted by Gasteiger charge is -2.08. The molecule has 0 fully saturated rings. The van der Waals surface area contributed by atoms with Crippen LogP contribution in [0.3, 0.4) is 0 Å². The van der Waals surface area contributed by atoms with E-state index in [0.29, 0.717) is 21.8 Å². The fourth-order valence-electron chi connectivity index (χ4n) is 1.40. The van der Waals surface area contributed by atoms with Crippen LogP contribution in [0.15, 0.2) is 26.1 Å². The molecule has 0 aliphatic carbocycles. The summed E-state index contributed by atoms with van der Waals surface area (Å²) < 4.78 is 1.36. The van der Waals surface area contributed by atoms with Crippen LogP contribution in [0.25, 0.3) is 0 Å². The van der Waals surface area contributed by atoms with E-state index >= 15 is 0 Å². The van der Waals surface area contributed by atoms with Crippen molar-refractivity contribution in [1.82, 2.24) is 24.7 Å². The highest BCUT2D eigenvalue weighted by Crippen LogP contribution is 2.28. The van der Waals surface area contributed by atoms with Crippen molar-refractivity contribution in [2.24, 2.45) is 7.05 Å². The first-order valence-corrected chi connectivity index (χ1v) is 6.57. The van der Waals surface area contributed by atoms with Crippen molar-refractivity contribution in [1.29, 1.82) is 0 Å². The molecule has 0 saturated heterocycles. The predicted octanol–water partition coefficient (Wildman–Crippen LogP) is 0.626. The SMILES string of the molecule is CCc1c(Cl)ncnc1Sc1nc(=O)c(=O)[nH]n1C. The highest BCUT2D eigenvalue weighted by molar-refractivity contribution is 7.99. The molecule has 100 valence electrons. The third kappa shape index (κ3) is 2.85. The Morgan fingerprint density at radius 3 is 2.84 bits per heavy atom. The van der Waals surface area contributed by atoms with E-state index < -0.39 is 11.1 Å². The molecular weight excluding hydrogens is 290 g/mol. The monoisotopic (exact) mass is 299 g/mol. The van der Waals surface area contributed by atoms with Gasteiger partial charge in [0.05, 0.1) is 0 Å². The van der Waals surface area contributed by atoms with Gasteiger partial charge in [0, 0.05) is 12.6 Å². The Labute approximate surface area is 117 Å². The minimum atomic E-state index is -0.834. The van der Waals surface area contributed by atoms with Gasteiger partial charge < -0.3 is 0 Å². The molecule has 0 bridgehead atoms. The maximum absolute atomic E-state index is 11.3. The summed E-state index contributed by atoms with van der Waals surface area (Å²) >= 11 is 7.13. The Kier molecular flexibility index (Phi) is 4.01. The van der Waals surface area contributed by atoms with Crippen LogP contribution in [-0.2, 0) is 13.5 Å². The first-order valence-electron chi connectivity index (χ1n) is 5.37. The van der Waals surface area contributed by atoms with Gasteiger partial charge in [-0.3, -0.25) is 19.4 Å². The van der Waals surface area contributed by atoms with Crippen LogP contribution >= 0.6 is 23.4 Å². The first-order chi connectivity index (χ1) is 9.02. The van der Waals surface area contributed by atoms with Crippen molar-refractivity contribution in [3.63, 3.8) is 0 Å². The highest BCUT2D eigenvalue weighted by Gasteiger charge is 2.13. The Morgan fingerprint density at radius 2 is 2.16 bits per heavy atom. The lowest BCUT2D eigenvalue weighted by atomic mass is 10.3. The largest absolute Gasteiger partial charge is 0.339 e. The molecule has 0 aromatic carbocycles. The normalized spacial score (nSPS) is 10.7. The van der Waals surface area contributed by atoms with Crippen molar-refractivity contribution in [2.75, 3.05) is 0 Å². The summed E-state index contributed by atoms with van der Waals surface area (Å²) in [5.41, 5.74) is -0.822. The van der Waals surface area contributed by atoms with Gasteiger partial charge in [0.25, 0.3) is 0 Å². The fraction of sp³-hybridized carbons (Fsp3) is 0.300. The number of rotatable bonds is 3. The second-order valence-electron chi connectivity index (χ2n) is 3.60. The molecule has 19 heavy (non-hydrogen) atoms. The Bertz CT molecular complexity index is 727. The molecule has 2 aromatic heterocycles. The third-order valence-electron chi connectivity index (χ3n) is 2.34. The summed E-state index contributed by atoms with van der Waals surface area (Å²) in [4.78, 5) is 34.1. The summed E-state index contributed by atoms with van der Waals surface area (Å²) in [5, 5.41) is 3.67. The summed E-state index contributed by atoms with van der Waals surface area (Å²) in [5.74, 6) is 0. The molecule has 0 aliphatic heterocycles. The van der Waals surface area contributed by atoms with Crippen LogP contribution in [0.5, 0.6) is 0 Å². The fourth-order valence-corrected chi connectivity index (χ4v) is 2.67. The van der Waals surface area contributed by atoms with Gasteiger partial charge in [-0.15, -0.1) is 0 Å². The van der Waals surface area contributed by atoms with Crippen molar-refractivity contribution < 1.29 is 0 Å². The number of hydrogen-bond acceptors (Lipinski definition) is 6. The van der Waals surface area contributed by atoms with Crippen molar-refractivity contribution in [2.45, 2.75) is 23.5 Å². The second kappa shape index (κ2) is 5.54. The van der Waals surface area contributed by atoms with E-state index in [2.05, 4.69) is 20.1 Å². The molecule has 0 radical (unpaired) electrons. The van der Waals surface area contributed by atoms with Gasteiger partial charge in [0.2, 0.25) is 0 Å². The Hall–Kier alpha value is -1.67. The summed E-state index contributed by atoms with van der Waals surface area (Å²) in [6.07, 6.45) is 1.99. The van der Waals surface area contributed by atoms with E-state index in [1.165, 1.54) is 11.0 Å². The van der Waals surface area contributed by atoms with Gasteiger partial charge >= 0.3 is 11.1 Å². The van der Waals surface area contributed by atoms with Gasteiger partial charge in [0.15, 0.2) is 5.16 Å². The Balaban J connectivity index is 2.48. The zero-order chi connectivity index (χ0) is 14.0. The van der Waals surface area contributed by atoms with E-state index in [0.717, 1.165) is 17.3 Å². The number of aromatic nitrogens is 5. The van der Waals surface area contributed by atoms with Crippen LogP contribution < -0.4 is 11.1 Å². The number of hydrogen-bond donors (Lipinski definition) is 1. The number of halogens is 1. The number of nitrogens with zero attached hydrogens (tertiary/aromatic N) is 4. The van der Waals surface area contributed by atoms with Crippen LogP contribution in [-0.4, -0.2) is 24.7 Å². The molecule has 7 nitrogen and oxygen atoms in total. The molecule has 2 rings (SSSR count). The summed E-state index contributed by atoms with van der Waals surface area (Å²) in [6.45, 7) is 1.92. The lowest BCUT2D eigenvalue weighted by Crippen LogP contribution is -2.33. The molecule has 0 amide bonds. The minimum Gasteiger partial charge on any atom is -0.265 e. The minimum absolute atomic E-state index is 0.328. The Morgan fingerprint density at radius 1 is 1.42 bits per heavy atom. The average Bonchev–Trinajstić information content (AvgIpc) is 2.36. The van der Waals surface area contributed by atoms with E-state index in [9.17, 15) is 9.59 Å². The molecule has 0 atom stereocenters. The van der Waals surface area contributed by atoms with E-state index in [-0.39, 0.29) is 0 Å². The van der Waals surface area contributed by atoms with Gasteiger partial charge in [0.1, 0.15) is 16.5 Å². The van der Waals surface area contributed by atoms with Gasteiger partial charge in [-0.05, 0) is 18.2 Å². The lowest BCUT2D eigenvalue weighted by molar-refractivity contribution is 0.596. The van der Waals surface area contributed by atoms with Gasteiger partial charge in [-0.25, -0.2) is 9.97 Å². The maximum atomic E-state index is 11.3. The molecule has 0 unspecified atom stereocenters. The van der Waals surface area contributed by atoms with Crippen molar-refractivity contribution >= 4 is 23.4 Å². The van der Waals surface area contributed by atoms with Crippen LogP contribution in [0.4, 0.5) is 0 Å². The molecule has 1 N–H and O–H groups in total. The van der Waals surface area contributed by atoms with Crippen molar-refractivity contribution in [3.8, 4) is 0 Å². The smallest absolute Gasteiger partial charge is 0.265 e. The zero-order valence-electron chi connectivity index (χ0n) is 10.2. The molecule has 0 aliphatic rings. The number of aromatic amines is 1. The summed E-state index contributed by atoms with van der Waals surface area (Å²) in [6, 6.07) is 0. The number of nitrogens with one attached hydrogen (secondary N) is 1. The molecule has 0 saturated carbocycles. The first kappa shape index (κ1) is 13.8.